The van der Waals surface area contributed by atoms with Crippen LogP contribution >= 0.6 is 11.6 Å². The molecule has 90 valence electrons. The second-order valence-corrected chi connectivity index (χ2v) is 3.74. The standard InChI is InChI=1S/C10H7ClN6O/c1-17-5-6(2-12)9(16-17)15-10(18)7-3-14-8(11)4-13-7/h3-5H,1H3,(H,15,16,18). The van der Waals surface area contributed by atoms with Gasteiger partial charge in [0.1, 0.15) is 22.5 Å². The topological polar surface area (TPSA) is 96.5 Å². The molecule has 0 aliphatic heterocycles. The van der Waals surface area contributed by atoms with E-state index >= 15 is 0 Å². The van der Waals surface area contributed by atoms with Crippen LogP contribution in [0.1, 0.15) is 16.1 Å². The molecular formula is C10H7ClN6O. The van der Waals surface area contributed by atoms with E-state index in [1.807, 2.05) is 6.07 Å². The second kappa shape index (κ2) is 4.81. The molecule has 0 aliphatic carbocycles. The highest BCUT2D eigenvalue weighted by molar-refractivity contribution is 6.29. The van der Waals surface area contributed by atoms with E-state index < -0.39 is 5.91 Å². The summed E-state index contributed by atoms with van der Waals surface area (Å²) in [6, 6.07) is 1.93. The molecule has 0 saturated carbocycles. The number of carbonyl (C=O) groups excluding carboxylic acids is 1. The number of hydrogen-bond acceptors (Lipinski definition) is 5. The first-order chi connectivity index (χ1) is 8.60. The van der Waals surface area contributed by atoms with Crippen LogP contribution in [0.4, 0.5) is 5.82 Å². The Bertz CT molecular complexity index is 627. The molecule has 0 aliphatic rings. The fourth-order valence-electron chi connectivity index (χ4n) is 1.26. The molecule has 0 spiro atoms. The number of amides is 1. The van der Waals surface area contributed by atoms with Gasteiger partial charge in [0, 0.05) is 13.2 Å². The number of carbonyl (C=O) groups is 1. The van der Waals surface area contributed by atoms with Crippen molar-refractivity contribution < 1.29 is 4.79 Å². The molecule has 0 bridgehead atoms. The molecular weight excluding hydrogens is 256 g/mol. The number of hydrogen-bond donors (Lipinski definition) is 1. The van der Waals surface area contributed by atoms with Gasteiger partial charge in [-0.25, -0.2) is 9.97 Å². The number of nitrogens with one attached hydrogen (secondary N) is 1. The van der Waals surface area contributed by atoms with Crippen LogP contribution in [0.3, 0.4) is 0 Å². The Morgan fingerprint density at radius 1 is 1.50 bits per heavy atom. The monoisotopic (exact) mass is 262 g/mol. The van der Waals surface area contributed by atoms with Crippen LogP contribution in [-0.4, -0.2) is 25.7 Å². The van der Waals surface area contributed by atoms with Gasteiger partial charge in [-0.2, -0.15) is 10.4 Å². The Labute approximate surface area is 107 Å². The van der Waals surface area contributed by atoms with Gasteiger partial charge in [0.05, 0.1) is 12.4 Å². The van der Waals surface area contributed by atoms with Gasteiger partial charge in [-0.1, -0.05) is 11.6 Å². The first-order valence-corrected chi connectivity index (χ1v) is 5.20. The molecule has 2 rings (SSSR count). The lowest BCUT2D eigenvalue weighted by Crippen LogP contribution is -2.15. The summed E-state index contributed by atoms with van der Waals surface area (Å²) in [6.07, 6.45) is 4.01. The molecule has 1 amide bonds. The Morgan fingerprint density at radius 2 is 2.28 bits per heavy atom. The molecule has 2 heterocycles. The van der Waals surface area contributed by atoms with Crippen molar-refractivity contribution in [1.29, 1.82) is 5.26 Å². The Balaban J connectivity index is 2.21. The highest BCUT2D eigenvalue weighted by atomic mass is 35.5. The van der Waals surface area contributed by atoms with E-state index in [9.17, 15) is 4.79 Å². The summed E-state index contributed by atoms with van der Waals surface area (Å²) in [5.41, 5.74) is 0.363. The maximum Gasteiger partial charge on any atom is 0.277 e. The van der Waals surface area contributed by atoms with Gasteiger partial charge in [-0.15, -0.1) is 0 Å². The molecule has 0 aromatic carbocycles. The molecule has 0 fully saturated rings. The minimum atomic E-state index is -0.505. The van der Waals surface area contributed by atoms with Crippen molar-refractivity contribution in [2.45, 2.75) is 0 Å². The zero-order valence-corrected chi connectivity index (χ0v) is 10.0. The van der Waals surface area contributed by atoms with Crippen molar-refractivity contribution in [1.82, 2.24) is 19.7 Å². The van der Waals surface area contributed by atoms with Crippen LogP contribution in [0.5, 0.6) is 0 Å². The number of aromatic nitrogens is 4. The third kappa shape index (κ3) is 2.44. The van der Waals surface area contributed by atoms with E-state index in [0.717, 1.165) is 0 Å². The summed E-state index contributed by atoms with van der Waals surface area (Å²) in [5.74, 6) is -0.323. The quantitative estimate of drug-likeness (QED) is 0.870. The number of halogens is 1. The van der Waals surface area contributed by atoms with Crippen molar-refractivity contribution >= 4 is 23.3 Å². The van der Waals surface area contributed by atoms with Crippen LogP contribution < -0.4 is 5.32 Å². The van der Waals surface area contributed by atoms with Gasteiger partial charge in [-0.05, 0) is 0 Å². The molecule has 8 heteroatoms. The maximum atomic E-state index is 11.8. The fourth-order valence-corrected chi connectivity index (χ4v) is 1.36. The Kier molecular flexibility index (Phi) is 3.21. The molecule has 0 radical (unpaired) electrons. The van der Waals surface area contributed by atoms with Crippen molar-refractivity contribution in [3.05, 3.63) is 35.0 Å². The summed E-state index contributed by atoms with van der Waals surface area (Å²) < 4.78 is 1.43. The van der Waals surface area contributed by atoms with Crippen molar-refractivity contribution in [2.24, 2.45) is 7.05 Å². The smallest absolute Gasteiger partial charge is 0.277 e. The van der Waals surface area contributed by atoms with Crippen molar-refractivity contribution in [2.75, 3.05) is 5.32 Å². The Hall–Kier alpha value is -2.46. The molecule has 0 atom stereocenters. The highest BCUT2D eigenvalue weighted by Crippen LogP contribution is 2.12. The highest BCUT2D eigenvalue weighted by Gasteiger charge is 2.13. The lowest BCUT2D eigenvalue weighted by atomic mass is 10.3. The number of aryl methyl sites for hydroxylation is 1. The van der Waals surface area contributed by atoms with Gasteiger partial charge in [-0.3, -0.25) is 9.48 Å². The first-order valence-electron chi connectivity index (χ1n) is 4.83. The summed E-state index contributed by atoms with van der Waals surface area (Å²) in [4.78, 5) is 19.3. The fraction of sp³-hybridized carbons (Fsp3) is 0.100. The zero-order valence-electron chi connectivity index (χ0n) is 9.25. The van der Waals surface area contributed by atoms with E-state index in [2.05, 4.69) is 20.4 Å². The molecule has 0 unspecified atom stereocenters. The van der Waals surface area contributed by atoms with Crippen LogP contribution in [0.25, 0.3) is 0 Å². The Morgan fingerprint density at radius 3 is 2.89 bits per heavy atom. The van der Waals surface area contributed by atoms with E-state index in [-0.39, 0.29) is 22.2 Å². The predicted octanol–water partition coefficient (Wildman–Crippen LogP) is 0.987. The van der Waals surface area contributed by atoms with E-state index in [4.69, 9.17) is 16.9 Å². The molecule has 2 aromatic heterocycles. The lowest BCUT2D eigenvalue weighted by molar-refractivity contribution is 0.102. The van der Waals surface area contributed by atoms with Gasteiger partial charge in [0.2, 0.25) is 0 Å². The number of nitriles is 1. The van der Waals surface area contributed by atoms with Crippen LogP contribution in [0, 0.1) is 11.3 Å². The molecule has 1 N–H and O–H groups in total. The van der Waals surface area contributed by atoms with Crippen LogP contribution in [0.2, 0.25) is 5.15 Å². The van der Waals surface area contributed by atoms with Gasteiger partial charge >= 0.3 is 0 Å². The van der Waals surface area contributed by atoms with E-state index in [0.29, 0.717) is 0 Å². The summed E-state index contributed by atoms with van der Waals surface area (Å²) >= 11 is 5.56. The predicted molar refractivity (Wildman–Crippen MR) is 62.9 cm³/mol. The number of nitrogens with zero attached hydrogens (tertiary/aromatic N) is 5. The second-order valence-electron chi connectivity index (χ2n) is 3.36. The van der Waals surface area contributed by atoms with Gasteiger partial charge in [0.25, 0.3) is 5.91 Å². The summed E-state index contributed by atoms with van der Waals surface area (Å²) in [5, 5.41) is 15.5. The SMILES string of the molecule is Cn1cc(C#N)c(NC(=O)c2cnc(Cl)cn2)n1. The average Bonchev–Trinajstić information content (AvgIpc) is 2.70. The molecule has 18 heavy (non-hydrogen) atoms. The summed E-state index contributed by atoms with van der Waals surface area (Å²) in [7, 11) is 1.65. The largest absolute Gasteiger partial charge is 0.303 e. The molecule has 7 nitrogen and oxygen atoms in total. The zero-order chi connectivity index (χ0) is 13.1. The number of rotatable bonds is 2. The van der Waals surface area contributed by atoms with Crippen LogP contribution in [-0.2, 0) is 7.05 Å². The normalized spacial score (nSPS) is 9.83. The van der Waals surface area contributed by atoms with Crippen LogP contribution in [0.15, 0.2) is 18.6 Å². The number of anilines is 1. The van der Waals surface area contributed by atoms with E-state index in [1.165, 1.54) is 23.3 Å². The van der Waals surface area contributed by atoms with E-state index in [1.54, 1.807) is 7.05 Å². The van der Waals surface area contributed by atoms with Gasteiger partial charge in [0.15, 0.2) is 5.82 Å². The summed E-state index contributed by atoms with van der Waals surface area (Å²) in [6.45, 7) is 0. The lowest BCUT2D eigenvalue weighted by Gasteiger charge is -2.01. The van der Waals surface area contributed by atoms with Gasteiger partial charge < -0.3 is 5.32 Å². The third-order valence-corrected chi connectivity index (χ3v) is 2.23. The third-order valence-electron chi connectivity index (χ3n) is 2.03. The average molecular weight is 263 g/mol. The minimum Gasteiger partial charge on any atom is -0.303 e. The maximum absolute atomic E-state index is 11.8. The molecule has 0 saturated heterocycles. The van der Waals surface area contributed by atoms with Crippen molar-refractivity contribution in [3.8, 4) is 6.07 Å². The first kappa shape index (κ1) is 12.0. The van der Waals surface area contributed by atoms with Crippen molar-refractivity contribution in [3.63, 3.8) is 0 Å². The minimum absolute atomic E-state index is 0.0916. The molecule has 2 aromatic rings.